The second-order valence-electron chi connectivity index (χ2n) is 10.9. The minimum Gasteiger partial charge on any atom is -0.465 e. The first kappa shape index (κ1) is 31.5. The molecule has 1 aliphatic heterocycles. The van der Waals surface area contributed by atoms with Gasteiger partial charge in [0.2, 0.25) is 0 Å². The molecule has 0 radical (unpaired) electrons. The molecular weight excluding hydrogens is 582 g/mol. The lowest BCUT2D eigenvalue weighted by molar-refractivity contribution is -0.144. The van der Waals surface area contributed by atoms with Crippen LogP contribution in [0.2, 0.25) is 0 Å². The number of H-pyrrole nitrogens is 1. The van der Waals surface area contributed by atoms with Crippen LogP contribution < -0.4 is 4.74 Å². The molecule has 0 atom stereocenters. The summed E-state index contributed by atoms with van der Waals surface area (Å²) < 4.78 is 39.8. The van der Waals surface area contributed by atoms with Gasteiger partial charge in [0.1, 0.15) is 28.9 Å². The topological polar surface area (TPSA) is 105 Å². The van der Waals surface area contributed by atoms with Crippen LogP contribution in [0.1, 0.15) is 34.0 Å². The Morgan fingerprint density at radius 3 is 2.40 bits per heavy atom. The highest BCUT2D eigenvalue weighted by atomic mass is 19.1. The summed E-state index contributed by atoms with van der Waals surface area (Å²) in [5, 5.41) is 0. The minimum atomic E-state index is -0.603. The fraction of sp³-hybridized carbons (Fsp3) is 0.294. The van der Waals surface area contributed by atoms with Crippen molar-refractivity contribution in [2.24, 2.45) is 0 Å². The van der Waals surface area contributed by atoms with Gasteiger partial charge in [-0.3, -0.25) is 24.3 Å². The highest BCUT2D eigenvalue weighted by Gasteiger charge is 2.24. The number of piperazine rings is 1. The summed E-state index contributed by atoms with van der Waals surface area (Å²) in [6.45, 7) is 6.28. The average molecular weight is 617 g/mol. The maximum atomic E-state index is 14.9. The van der Waals surface area contributed by atoms with E-state index in [4.69, 9.17) is 9.47 Å². The molecule has 9 nitrogen and oxygen atoms in total. The Balaban J connectivity index is 1.18. The third-order valence-electron chi connectivity index (χ3n) is 7.49. The average Bonchev–Trinajstić information content (AvgIpc) is 3.51. The number of aromatic nitrogens is 2. The zero-order valence-corrected chi connectivity index (χ0v) is 25.1. The molecule has 2 aromatic heterocycles. The van der Waals surface area contributed by atoms with Crippen molar-refractivity contribution in [1.82, 2.24) is 19.8 Å². The summed E-state index contributed by atoms with van der Waals surface area (Å²) in [6, 6.07) is 13.8. The van der Waals surface area contributed by atoms with Gasteiger partial charge in [0, 0.05) is 63.5 Å². The standard InChI is InChI=1S/C34H34F2N4O5/c1-3-44-33(42)21-39-10-12-40(13-11-39)34(43)25-17-31(38-20-25)32-19-28(8-9-37-32)45-27-6-5-23(30(36)18-27)15-26(41)16-24-14-22(2)4-7-29(24)35/h4-9,14,17-20,38H,3,10-13,15-16,21H2,1-2H3. The third kappa shape index (κ3) is 8.18. The molecule has 45 heavy (non-hydrogen) atoms. The summed E-state index contributed by atoms with van der Waals surface area (Å²) in [4.78, 5) is 48.6. The van der Waals surface area contributed by atoms with Gasteiger partial charge in [-0.25, -0.2) is 8.78 Å². The van der Waals surface area contributed by atoms with E-state index in [0.717, 1.165) is 5.56 Å². The second-order valence-corrected chi connectivity index (χ2v) is 10.9. The smallest absolute Gasteiger partial charge is 0.320 e. The number of carbonyl (C=O) groups excluding carboxylic acids is 3. The lowest BCUT2D eigenvalue weighted by Crippen LogP contribution is -2.50. The number of Topliss-reactive ketones (excluding diaryl/α,β-unsaturated/α-hetero) is 1. The van der Waals surface area contributed by atoms with E-state index in [1.165, 1.54) is 18.2 Å². The van der Waals surface area contributed by atoms with Gasteiger partial charge < -0.3 is 19.4 Å². The molecule has 4 aromatic rings. The van der Waals surface area contributed by atoms with Gasteiger partial charge in [0.25, 0.3) is 5.91 Å². The number of benzene rings is 2. The summed E-state index contributed by atoms with van der Waals surface area (Å²) in [6.07, 6.45) is 2.88. The van der Waals surface area contributed by atoms with E-state index in [-0.39, 0.29) is 53.9 Å². The molecule has 3 heterocycles. The van der Waals surface area contributed by atoms with Gasteiger partial charge in [-0.05, 0) is 49.2 Å². The zero-order valence-electron chi connectivity index (χ0n) is 25.1. The van der Waals surface area contributed by atoms with Crippen LogP contribution in [0.25, 0.3) is 11.4 Å². The van der Waals surface area contributed by atoms with Crippen molar-refractivity contribution in [2.75, 3.05) is 39.3 Å². The first-order valence-electron chi connectivity index (χ1n) is 14.7. The highest BCUT2D eigenvalue weighted by Crippen LogP contribution is 2.27. The van der Waals surface area contributed by atoms with E-state index in [2.05, 4.69) is 9.97 Å². The molecule has 1 saturated heterocycles. The molecule has 0 unspecified atom stereocenters. The van der Waals surface area contributed by atoms with Crippen LogP contribution in [0.4, 0.5) is 8.78 Å². The Morgan fingerprint density at radius 1 is 0.889 bits per heavy atom. The SMILES string of the molecule is CCOC(=O)CN1CCN(C(=O)c2c[nH]c(-c3cc(Oc4ccc(CC(=O)Cc5cc(C)ccc5F)c(F)c4)ccn3)c2)CC1. The number of esters is 1. The Kier molecular flexibility index (Phi) is 9.99. The Morgan fingerprint density at radius 2 is 1.64 bits per heavy atom. The first-order chi connectivity index (χ1) is 21.7. The Labute approximate surface area is 259 Å². The van der Waals surface area contributed by atoms with E-state index in [1.807, 2.05) is 11.8 Å². The molecule has 0 aliphatic carbocycles. The van der Waals surface area contributed by atoms with Gasteiger partial charge in [-0.2, -0.15) is 0 Å². The Bertz CT molecular complexity index is 1700. The van der Waals surface area contributed by atoms with Crippen molar-refractivity contribution in [3.63, 3.8) is 0 Å². The predicted molar refractivity (Wildman–Crippen MR) is 163 cm³/mol. The molecule has 1 N–H and O–H groups in total. The number of carbonyl (C=O) groups is 3. The van der Waals surface area contributed by atoms with Crippen molar-refractivity contribution >= 4 is 17.7 Å². The van der Waals surface area contributed by atoms with Crippen LogP contribution in [0.3, 0.4) is 0 Å². The van der Waals surface area contributed by atoms with Gasteiger partial charge in [0.05, 0.1) is 30.1 Å². The van der Waals surface area contributed by atoms with Crippen LogP contribution >= 0.6 is 0 Å². The van der Waals surface area contributed by atoms with Gasteiger partial charge in [0.15, 0.2) is 0 Å². The molecule has 5 rings (SSSR count). The molecule has 11 heteroatoms. The predicted octanol–water partition coefficient (Wildman–Crippen LogP) is 5.13. The number of nitrogens with one attached hydrogen (secondary N) is 1. The van der Waals surface area contributed by atoms with Crippen molar-refractivity contribution in [2.45, 2.75) is 26.7 Å². The number of amides is 1. The molecule has 1 fully saturated rings. The lowest BCUT2D eigenvalue weighted by atomic mass is 10.0. The normalized spacial score (nSPS) is 13.5. The summed E-state index contributed by atoms with van der Waals surface area (Å²) in [5.41, 5.74) is 2.94. The molecule has 1 aliphatic rings. The van der Waals surface area contributed by atoms with Crippen LogP contribution in [-0.4, -0.2) is 76.8 Å². The maximum Gasteiger partial charge on any atom is 0.320 e. The monoisotopic (exact) mass is 616 g/mol. The zero-order chi connectivity index (χ0) is 31.9. The summed E-state index contributed by atoms with van der Waals surface area (Å²) >= 11 is 0. The maximum absolute atomic E-state index is 14.9. The number of pyridine rings is 1. The van der Waals surface area contributed by atoms with Crippen molar-refractivity contribution in [1.29, 1.82) is 0 Å². The third-order valence-corrected chi connectivity index (χ3v) is 7.49. The van der Waals surface area contributed by atoms with Crippen LogP contribution in [0.15, 0.2) is 67.0 Å². The van der Waals surface area contributed by atoms with Crippen LogP contribution in [0.5, 0.6) is 11.5 Å². The number of rotatable bonds is 11. The molecule has 1 amide bonds. The molecule has 0 saturated carbocycles. The fourth-order valence-corrected chi connectivity index (χ4v) is 5.17. The van der Waals surface area contributed by atoms with Gasteiger partial charge in [-0.15, -0.1) is 0 Å². The number of hydrogen-bond donors (Lipinski definition) is 1. The van der Waals surface area contributed by atoms with Crippen molar-refractivity contribution < 1.29 is 32.6 Å². The number of ether oxygens (including phenoxy) is 2. The van der Waals surface area contributed by atoms with Crippen LogP contribution in [0, 0.1) is 18.6 Å². The van der Waals surface area contributed by atoms with Crippen molar-refractivity contribution in [3.05, 3.63) is 101 Å². The lowest BCUT2D eigenvalue weighted by Gasteiger charge is -2.33. The van der Waals surface area contributed by atoms with E-state index in [0.29, 0.717) is 55.5 Å². The summed E-state index contributed by atoms with van der Waals surface area (Å²) in [7, 11) is 0. The van der Waals surface area contributed by atoms with E-state index < -0.39 is 11.6 Å². The van der Waals surface area contributed by atoms with Crippen LogP contribution in [-0.2, 0) is 27.2 Å². The van der Waals surface area contributed by atoms with Gasteiger partial charge in [-0.1, -0.05) is 23.8 Å². The van der Waals surface area contributed by atoms with E-state index in [1.54, 1.807) is 60.6 Å². The highest BCUT2D eigenvalue weighted by molar-refractivity contribution is 5.95. The minimum absolute atomic E-state index is 0.120. The number of hydrogen-bond acceptors (Lipinski definition) is 7. The number of aromatic amines is 1. The molecule has 0 bridgehead atoms. The van der Waals surface area contributed by atoms with E-state index in [9.17, 15) is 23.2 Å². The first-order valence-corrected chi connectivity index (χ1v) is 14.7. The number of ketones is 1. The largest absolute Gasteiger partial charge is 0.465 e. The fourth-order valence-electron chi connectivity index (χ4n) is 5.17. The summed E-state index contributed by atoms with van der Waals surface area (Å²) in [5.74, 6) is -1.13. The second kappa shape index (κ2) is 14.3. The van der Waals surface area contributed by atoms with E-state index >= 15 is 0 Å². The number of aryl methyl sites for hydroxylation is 1. The number of halogens is 2. The molecule has 234 valence electrons. The van der Waals surface area contributed by atoms with Crippen molar-refractivity contribution in [3.8, 4) is 22.9 Å². The van der Waals surface area contributed by atoms with Gasteiger partial charge >= 0.3 is 5.97 Å². The molecular formula is C34H34F2N4O5. The quantitative estimate of drug-likeness (QED) is 0.233. The molecule has 0 spiro atoms. The Hall–Kier alpha value is -4.90. The number of nitrogens with zero attached hydrogens (tertiary/aromatic N) is 3. The molecule has 2 aromatic carbocycles.